The van der Waals surface area contributed by atoms with Gasteiger partial charge in [0.05, 0.1) is 30.3 Å². The minimum atomic E-state index is -4.57. The van der Waals surface area contributed by atoms with E-state index in [1.807, 2.05) is 0 Å². The molecule has 0 saturated heterocycles. The molecule has 8 nitrogen and oxygen atoms in total. The Kier molecular flexibility index (Phi) is 6.39. The van der Waals surface area contributed by atoms with Crippen molar-refractivity contribution in [2.75, 3.05) is 6.61 Å². The van der Waals surface area contributed by atoms with E-state index < -0.39 is 48.0 Å². The predicted molar refractivity (Wildman–Crippen MR) is 101 cm³/mol. The summed E-state index contributed by atoms with van der Waals surface area (Å²) in [5.41, 5.74) is -2.46. The standard InChI is InChI=1S/C19H16F5N5O3/c1-10(9-30)26-16(31)14-6-15(11-2-4-12(5-3-11)19(22,23)24)27-29(17(14)32)13-7-25-28(8-13)18(20)21/h2-8,10,18,30H,9H2,1H3,(H,26,31). The van der Waals surface area contributed by atoms with E-state index in [9.17, 15) is 31.5 Å². The minimum absolute atomic E-state index is 0.0649. The van der Waals surface area contributed by atoms with Crippen LogP contribution in [0.25, 0.3) is 16.9 Å². The smallest absolute Gasteiger partial charge is 0.394 e. The molecule has 3 rings (SSSR count). The Balaban J connectivity index is 2.15. The van der Waals surface area contributed by atoms with Gasteiger partial charge in [-0.1, -0.05) is 12.1 Å². The van der Waals surface area contributed by atoms with Crippen LogP contribution in [0.3, 0.4) is 0 Å². The van der Waals surface area contributed by atoms with Gasteiger partial charge in [-0.3, -0.25) is 9.59 Å². The molecular formula is C19H16F5N5O3. The Bertz CT molecular complexity index is 1170. The summed E-state index contributed by atoms with van der Waals surface area (Å²) < 4.78 is 65.2. The highest BCUT2D eigenvalue weighted by atomic mass is 19.4. The average molecular weight is 457 g/mol. The van der Waals surface area contributed by atoms with Crippen LogP contribution in [-0.2, 0) is 6.18 Å². The minimum Gasteiger partial charge on any atom is -0.394 e. The van der Waals surface area contributed by atoms with Crippen molar-refractivity contribution in [3.63, 3.8) is 0 Å². The third-order valence-corrected chi connectivity index (χ3v) is 4.35. The van der Waals surface area contributed by atoms with E-state index in [2.05, 4.69) is 15.5 Å². The number of halogens is 5. The van der Waals surface area contributed by atoms with E-state index in [1.165, 1.54) is 6.92 Å². The van der Waals surface area contributed by atoms with E-state index in [4.69, 9.17) is 5.11 Å². The first kappa shape index (κ1) is 23.1. The number of nitrogens with one attached hydrogen (secondary N) is 1. The van der Waals surface area contributed by atoms with Gasteiger partial charge < -0.3 is 10.4 Å². The molecule has 0 saturated carbocycles. The van der Waals surface area contributed by atoms with Gasteiger partial charge in [0.1, 0.15) is 11.3 Å². The van der Waals surface area contributed by atoms with Gasteiger partial charge >= 0.3 is 12.7 Å². The topological polar surface area (TPSA) is 102 Å². The molecule has 1 atom stereocenters. The SMILES string of the molecule is CC(CO)NC(=O)c1cc(-c2ccc(C(F)(F)F)cc2)nn(-c2cnn(C(F)F)c2)c1=O. The first-order valence-electron chi connectivity index (χ1n) is 9.07. The summed E-state index contributed by atoms with van der Waals surface area (Å²) in [4.78, 5) is 25.4. The van der Waals surface area contributed by atoms with Gasteiger partial charge in [-0.2, -0.15) is 36.8 Å². The molecule has 32 heavy (non-hydrogen) atoms. The summed E-state index contributed by atoms with van der Waals surface area (Å²) in [7, 11) is 0. The van der Waals surface area contributed by atoms with Crippen LogP contribution in [0.1, 0.15) is 29.4 Å². The summed E-state index contributed by atoms with van der Waals surface area (Å²) in [6.45, 7) is -1.94. The zero-order chi connectivity index (χ0) is 23.6. The number of aliphatic hydroxyl groups excluding tert-OH is 1. The summed E-state index contributed by atoms with van der Waals surface area (Å²) in [6, 6.07) is 4.16. The maximum Gasteiger partial charge on any atom is 0.416 e. The molecule has 0 bridgehead atoms. The second-order valence-corrected chi connectivity index (χ2v) is 6.75. The third kappa shape index (κ3) is 4.82. The van der Waals surface area contributed by atoms with Crippen LogP contribution in [0.2, 0.25) is 0 Å². The number of rotatable bonds is 6. The fourth-order valence-electron chi connectivity index (χ4n) is 2.69. The number of aromatic nitrogens is 4. The van der Waals surface area contributed by atoms with Crippen molar-refractivity contribution in [3.05, 3.63) is 64.2 Å². The van der Waals surface area contributed by atoms with Gasteiger partial charge in [0.15, 0.2) is 0 Å². The molecule has 170 valence electrons. The average Bonchev–Trinajstić information content (AvgIpc) is 3.23. The molecule has 1 aromatic carbocycles. The largest absolute Gasteiger partial charge is 0.416 e. The van der Waals surface area contributed by atoms with Crippen LogP contribution in [0.4, 0.5) is 22.0 Å². The van der Waals surface area contributed by atoms with Crippen molar-refractivity contribution in [1.29, 1.82) is 0 Å². The summed E-state index contributed by atoms with van der Waals surface area (Å²) in [5, 5.41) is 18.9. The number of carbonyl (C=O) groups excluding carboxylic acids is 1. The van der Waals surface area contributed by atoms with Crippen molar-refractivity contribution < 1.29 is 31.9 Å². The number of benzene rings is 1. The van der Waals surface area contributed by atoms with E-state index in [1.54, 1.807) is 0 Å². The van der Waals surface area contributed by atoms with Crippen molar-refractivity contribution in [1.82, 2.24) is 24.9 Å². The van der Waals surface area contributed by atoms with Crippen LogP contribution in [0.5, 0.6) is 0 Å². The van der Waals surface area contributed by atoms with E-state index in [0.717, 1.165) is 42.7 Å². The molecule has 3 aromatic rings. The molecule has 0 radical (unpaired) electrons. The first-order valence-corrected chi connectivity index (χ1v) is 9.07. The van der Waals surface area contributed by atoms with Gasteiger partial charge in [0.2, 0.25) is 0 Å². The number of aliphatic hydroxyl groups is 1. The van der Waals surface area contributed by atoms with Gasteiger partial charge in [-0.15, -0.1) is 0 Å². The summed E-state index contributed by atoms with van der Waals surface area (Å²) in [5.74, 6) is -0.887. The van der Waals surface area contributed by atoms with E-state index in [0.29, 0.717) is 4.68 Å². The van der Waals surface area contributed by atoms with Crippen LogP contribution >= 0.6 is 0 Å². The van der Waals surface area contributed by atoms with Gasteiger partial charge in [0.25, 0.3) is 11.5 Å². The Morgan fingerprint density at radius 3 is 2.41 bits per heavy atom. The van der Waals surface area contributed by atoms with Crippen LogP contribution in [0.15, 0.2) is 47.5 Å². The fourth-order valence-corrected chi connectivity index (χ4v) is 2.69. The second kappa shape index (κ2) is 8.86. The number of hydrogen-bond acceptors (Lipinski definition) is 5. The maximum absolute atomic E-state index is 12.9. The molecule has 0 aliphatic heterocycles. The summed E-state index contributed by atoms with van der Waals surface area (Å²) in [6.07, 6.45) is -2.82. The summed E-state index contributed by atoms with van der Waals surface area (Å²) >= 11 is 0. The lowest BCUT2D eigenvalue weighted by Gasteiger charge is -2.13. The Morgan fingerprint density at radius 2 is 1.88 bits per heavy atom. The normalized spacial score (nSPS) is 12.8. The molecule has 0 aliphatic carbocycles. The van der Waals surface area contributed by atoms with Crippen molar-refractivity contribution >= 4 is 5.91 Å². The lowest BCUT2D eigenvalue weighted by atomic mass is 10.1. The van der Waals surface area contributed by atoms with Crippen molar-refractivity contribution in [3.8, 4) is 16.9 Å². The molecule has 0 spiro atoms. The zero-order valence-electron chi connectivity index (χ0n) is 16.3. The molecule has 2 N–H and O–H groups in total. The molecular weight excluding hydrogens is 441 g/mol. The molecule has 0 fully saturated rings. The highest BCUT2D eigenvalue weighted by Crippen LogP contribution is 2.30. The van der Waals surface area contributed by atoms with Gasteiger partial charge in [-0.25, -0.2) is 4.68 Å². The molecule has 1 unspecified atom stereocenters. The van der Waals surface area contributed by atoms with Gasteiger partial charge in [-0.05, 0) is 25.1 Å². The molecule has 13 heteroatoms. The molecule has 2 heterocycles. The van der Waals surface area contributed by atoms with Crippen molar-refractivity contribution in [2.45, 2.75) is 25.7 Å². The number of nitrogens with zero attached hydrogens (tertiary/aromatic N) is 4. The first-order chi connectivity index (χ1) is 15.0. The lowest BCUT2D eigenvalue weighted by molar-refractivity contribution is -0.137. The lowest BCUT2D eigenvalue weighted by Crippen LogP contribution is -2.39. The van der Waals surface area contributed by atoms with E-state index >= 15 is 0 Å². The number of hydrogen-bond donors (Lipinski definition) is 2. The van der Waals surface area contributed by atoms with Gasteiger partial charge in [0, 0.05) is 11.6 Å². The Morgan fingerprint density at radius 1 is 1.22 bits per heavy atom. The zero-order valence-corrected chi connectivity index (χ0v) is 16.3. The quantitative estimate of drug-likeness (QED) is 0.555. The number of amides is 1. The fraction of sp³-hybridized carbons (Fsp3) is 0.263. The second-order valence-electron chi connectivity index (χ2n) is 6.75. The highest BCUT2D eigenvalue weighted by molar-refractivity contribution is 5.95. The van der Waals surface area contributed by atoms with Crippen LogP contribution in [-0.4, -0.2) is 43.2 Å². The Hall–Kier alpha value is -3.61. The maximum atomic E-state index is 12.9. The van der Waals surface area contributed by atoms with Crippen molar-refractivity contribution in [2.24, 2.45) is 0 Å². The number of alkyl halides is 5. The van der Waals surface area contributed by atoms with E-state index in [-0.39, 0.29) is 21.6 Å². The molecule has 0 aliphatic rings. The third-order valence-electron chi connectivity index (χ3n) is 4.35. The van der Waals surface area contributed by atoms with Crippen LogP contribution in [0, 0.1) is 0 Å². The molecule has 2 aromatic heterocycles. The highest BCUT2D eigenvalue weighted by Gasteiger charge is 2.30. The predicted octanol–water partition coefficient (Wildman–Crippen LogP) is 2.62. The monoisotopic (exact) mass is 457 g/mol. The Labute approximate surface area is 176 Å². The molecule has 1 amide bonds. The number of carbonyl (C=O) groups is 1. The van der Waals surface area contributed by atoms with Crippen LogP contribution < -0.4 is 10.9 Å².